The molecule has 1 atom stereocenters. The van der Waals surface area contributed by atoms with Crippen molar-refractivity contribution >= 4 is 5.69 Å². The average molecular weight is 224 g/mol. The maximum absolute atomic E-state index is 9.70. The molecular weight excluding hydrogens is 204 g/mol. The normalized spacial score (nSPS) is 12.6. The molecule has 1 unspecified atom stereocenters. The molecule has 0 radical (unpaired) electrons. The molecule has 0 aliphatic rings. The number of anilines is 1. The van der Waals surface area contributed by atoms with Crippen LogP contribution in [0.25, 0.3) is 0 Å². The third kappa shape index (κ3) is 4.08. The van der Waals surface area contributed by atoms with Crippen molar-refractivity contribution < 1.29 is 9.84 Å². The predicted molar refractivity (Wildman–Crippen MR) is 66.0 cm³/mol. The van der Waals surface area contributed by atoms with Crippen molar-refractivity contribution in [3.05, 3.63) is 24.3 Å². The van der Waals surface area contributed by atoms with E-state index in [4.69, 9.17) is 4.74 Å². The van der Waals surface area contributed by atoms with Crippen LogP contribution in [0.5, 0.6) is 5.75 Å². The summed E-state index contributed by atoms with van der Waals surface area (Å²) in [6.07, 6.45) is -0.389. The number of nitrogens with one attached hydrogen (secondary N) is 1. The van der Waals surface area contributed by atoms with Gasteiger partial charge >= 0.3 is 0 Å². The molecule has 4 nitrogen and oxygen atoms in total. The van der Waals surface area contributed by atoms with Crippen molar-refractivity contribution in [2.75, 3.05) is 39.6 Å². The van der Waals surface area contributed by atoms with Crippen LogP contribution in [-0.2, 0) is 0 Å². The first-order valence-corrected chi connectivity index (χ1v) is 5.33. The first-order chi connectivity index (χ1) is 7.63. The Labute approximate surface area is 96.8 Å². The molecular formula is C12H20N2O2. The molecule has 0 saturated carbocycles. The zero-order chi connectivity index (χ0) is 12.0. The summed E-state index contributed by atoms with van der Waals surface area (Å²) in [6, 6.07) is 7.67. The van der Waals surface area contributed by atoms with Crippen molar-refractivity contribution in [2.45, 2.75) is 6.10 Å². The van der Waals surface area contributed by atoms with Crippen LogP contribution in [-0.4, -0.2) is 50.4 Å². The molecule has 16 heavy (non-hydrogen) atoms. The highest BCUT2D eigenvalue weighted by atomic mass is 16.5. The molecule has 0 fully saturated rings. The number of aliphatic hydroxyl groups is 1. The van der Waals surface area contributed by atoms with E-state index in [1.54, 1.807) is 7.11 Å². The standard InChI is InChI=1S/C12H20N2O2/c1-14(2)9-10(15)8-13-11-6-4-5-7-12(11)16-3/h4-7,10,13,15H,8-9H2,1-3H3. The van der Waals surface area contributed by atoms with Gasteiger partial charge in [-0.05, 0) is 26.2 Å². The molecule has 1 aromatic carbocycles. The summed E-state index contributed by atoms with van der Waals surface area (Å²) in [4.78, 5) is 1.95. The minimum atomic E-state index is -0.389. The van der Waals surface area contributed by atoms with E-state index in [1.165, 1.54) is 0 Å². The topological polar surface area (TPSA) is 44.7 Å². The van der Waals surface area contributed by atoms with Crippen LogP contribution in [0.2, 0.25) is 0 Å². The van der Waals surface area contributed by atoms with Crippen molar-refractivity contribution in [1.29, 1.82) is 0 Å². The lowest BCUT2D eigenvalue weighted by Gasteiger charge is -2.18. The number of aliphatic hydroxyl groups excluding tert-OH is 1. The van der Waals surface area contributed by atoms with Gasteiger partial charge < -0.3 is 20.1 Å². The Kier molecular flexibility index (Phi) is 5.08. The minimum absolute atomic E-state index is 0.389. The average Bonchev–Trinajstić information content (AvgIpc) is 2.26. The Morgan fingerprint density at radius 1 is 1.38 bits per heavy atom. The highest BCUT2D eigenvalue weighted by Crippen LogP contribution is 2.22. The quantitative estimate of drug-likeness (QED) is 0.757. The monoisotopic (exact) mass is 224 g/mol. The minimum Gasteiger partial charge on any atom is -0.495 e. The summed E-state index contributed by atoms with van der Waals surface area (Å²) in [6.45, 7) is 1.15. The third-order valence-electron chi connectivity index (χ3n) is 2.21. The number of rotatable bonds is 6. The number of methoxy groups -OCH3 is 1. The van der Waals surface area contributed by atoms with Gasteiger partial charge in [-0.2, -0.15) is 0 Å². The first kappa shape index (κ1) is 12.8. The predicted octanol–water partition coefficient (Wildman–Crippen LogP) is 1.03. The highest BCUT2D eigenvalue weighted by Gasteiger charge is 2.06. The maximum Gasteiger partial charge on any atom is 0.141 e. The SMILES string of the molecule is COc1ccccc1NCC(O)CN(C)C. The second-order valence-electron chi connectivity index (χ2n) is 4.00. The van der Waals surface area contributed by atoms with Crippen LogP contribution < -0.4 is 10.1 Å². The van der Waals surface area contributed by atoms with E-state index in [0.717, 1.165) is 11.4 Å². The van der Waals surface area contributed by atoms with Gasteiger partial charge in [0.2, 0.25) is 0 Å². The molecule has 0 aromatic heterocycles. The van der Waals surface area contributed by atoms with Crippen LogP contribution >= 0.6 is 0 Å². The molecule has 0 saturated heterocycles. The fraction of sp³-hybridized carbons (Fsp3) is 0.500. The summed E-state index contributed by atoms with van der Waals surface area (Å²) in [7, 11) is 5.51. The van der Waals surface area contributed by atoms with Gasteiger partial charge in [-0.1, -0.05) is 12.1 Å². The molecule has 1 aromatic rings. The fourth-order valence-corrected chi connectivity index (χ4v) is 1.50. The van der Waals surface area contributed by atoms with Crippen molar-refractivity contribution in [2.24, 2.45) is 0 Å². The van der Waals surface area contributed by atoms with Gasteiger partial charge in [0.25, 0.3) is 0 Å². The summed E-state index contributed by atoms with van der Waals surface area (Å²) in [5.41, 5.74) is 0.905. The van der Waals surface area contributed by atoms with Gasteiger partial charge in [-0.15, -0.1) is 0 Å². The molecule has 90 valence electrons. The van der Waals surface area contributed by atoms with E-state index >= 15 is 0 Å². The third-order valence-corrected chi connectivity index (χ3v) is 2.21. The number of para-hydroxylation sites is 2. The van der Waals surface area contributed by atoms with Crippen LogP contribution in [0.15, 0.2) is 24.3 Å². The number of likely N-dealkylation sites (N-methyl/N-ethyl adjacent to an activating group) is 1. The number of ether oxygens (including phenoxy) is 1. The Bertz CT molecular complexity index is 316. The summed E-state index contributed by atoms with van der Waals surface area (Å²) >= 11 is 0. The van der Waals surface area contributed by atoms with Crippen molar-refractivity contribution in [1.82, 2.24) is 4.90 Å². The van der Waals surface area contributed by atoms with Gasteiger partial charge in [0, 0.05) is 13.1 Å². The second kappa shape index (κ2) is 6.35. The van der Waals surface area contributed by atoms with E-state index in [1.807, 2.05) is 43.3 Å². The smallest absolute Gasteiger partial charge is 0.141 e. The van der Waals surface area contributed by atoms with E-state index in [0.29, 0.717) is 13.1 Å². The largest absolute Gasteiger partial charge is 0.495 e. The lowest BCUT2D eigenvalue weighted by atomic mass is 10.2. The van der Waals surface area contributed by atoms with Crippen LogP contribution in [0, 0.1) is 0 Å². The number of hydrogen-bond acceptors (Lipinski definition) is 4. The molecule has 0 heterocycles. The Hall–Kier alpha value is -1.26. The second-order valence-corrected chi connectivity index (χ2v) is 4.00. The van der Waals surface area contributed by atoms with Gasteiger partial charge in [0.15, 0.2) is 0 Å². The molecule has 1 rings (SSSR count). The number of benzene rings is 1. The fourth-order valence-electron chi connectivity index (χ4n) is 1.50. The van der Waals surface area contributed by atoms with Crippen LogP contribution in [0.4, 0.5) is 5.69 Å². The van der Waals surface area contributed by atoms with Gasteiger partial charge in [-0.25, -0.2) is 0 Å². The Morgan fingerprint density at radius 3 is 2.69 bits per heavy atom. The van der Waals surface area contributed by atoms with E-state index < -0.39 is 0 Å². The molecule has 0 amide bonds. The van der Waals surface area contributed by atoms with Crippen molar-refractivity contribution in [3.63, 3.8) is 0 Å². The van der Waals surface area contributed by atoms with E-state index in [9.17, 15) is 5.11 Å². The van der Waals surface area contributed by atoms with E-state index in [2.05, 4.69) is 5.32 Å². The Balaban J connectivity index is 2.47. The van der Waals surface area contributed by atoms with Gasteiger partial charge in [0.1, 0.15) is 5.75 Å². The zero-order valence-electron chi connectivity index (χ0n) is 10.1. The van der Waals surface area contributed by atoms with Gasteiger partial charge in [-0.3, -0.25) is 0 Å². The molecule has 0 spiro atoms. The highest BCUT2D eigenvalue weighted by molar-refractivity contribution is 5.56. The Morgan fingerprint density at radius 2 is 2.06 bits per heavy atom. The lowest BCUT2D eigenvalue weighted by Crippen LogP contribution is -2.31. The zero-order valence-corrected chi connectivity index (χ0v) is 10.1. The molecule has 4 heteroatoms. The van der Waals surface area contributed by atoms with Gasteiger partial charge in [0.05, 0.1) is 18.9 Å². The number of hydrogen-bond donors (Lipinski definition) is 2. The van der Waals surface area contributed by atoms with Crippen LogP contribution in [0.1, 0.15) is 0 Å². The summed E-state index contributed by atoms with van der Waals surface area (Å²) < 4.78 is 5.20. The summed E-state index contributed by atoms with van der Waals surface area (Å²) in [5, 5.41) is 12.9. The molecule has 2 N–H and O–H groups in total. The molecule has 0 aliphatic heterocycles. The first-order valence-electron chi connectivity index (χ1n) is 5.33. The van der Waals surface area contributed by atoms with E-state index in [-0.39, 0.29) is 6.10 Å². The number of nitrogens with zero attached hydrogens (tertiary/aromatic N) is 1. The maximum atomic E-state index is 9.70. The lowest BCUT2D eigenvalue weighted by molar-refractivity contribution is 0.148. The summed E-state index contributed by atoms with van der Waals surface area (Å²) in [5.74, 6) is 0.791. The molecule has 0 bridgehead atoms. The van der Waals surface area contributed by atoms with Crippen LogP contribution in [0.3, 0.4) is 0 Å². The molecule has 0 aliphatic carbocycles. The van der Waals surface area contributed by atoms with Crippen molar-refractivity contribution in [3.8, 4) is 5.75 Å².